The summed E-state index contributed by atoms with van der Waals surface area (Å²) in [4.78, 5) is 39.4. The predicted molar refractivity (Wildman–Crippen MR) is 110 cm³/mol. The van der Waals surface area contributed by atoms with E-state index in [1.54, 1.807) is 41.5 Å². The first-order chi connectivity index (χ1) is 13.8. The second-order valence-corrected chi connectivity index (χ2v) is 10.0. The van der Waals surface area contributed by atoms with Gasteiger partial charge in [0.05, 0.1) is 19.4 Å². The molecule has 0 aromatic carbocycles. The first kappa shape index (κ1) is 26.2. The van der Waals surface area contributed by atoms with Crippen molar-refractivity contribution in [2.24, 2.45) is 0 Å². The minimum atomic E-state index is -3.66. The Hall–Kier alpha value is -1.84. The molecule has 1 aliphatic heterocycles. The van der Waals surface area contributed by atoms with Crippen molar-refractivity contribution < 1.29 is 37.8 Å². The van der Waals surface area contributed by atoms with Gasteiger partial charge in [-0.25, -0.2) is 9.59 Å². The van der Waals surface area contributed by atoms with E-state index in [-0.39, 0.29) is 39.0 Å². The summed E-state index contributed by atoms with van der Waals surface area (Å²) in [6.45, 7) is 10.7. The Labute approximate surface area is 177 Å². The van der Waals surface area contributed by atoms with E-state index in [9.17, 15) is 18.9 Å². The Morgan fingerprint density at radius 1 is 1.17 bits per heavy atom. The summed E-state index contributed by atoms with van der Waals surface area (Å²) in [7, 11) is -3.66. The summed E-state index contributed by atoms with van der Waals surface area (Å²) in [6.07, 6.45) is -2.26. The summed E-state index contributed by atoms with van der Waals surface area (Å²) in [5, 5.41) is 11.7. The first-order valence-electron chi connectivity index (χ1n) is 9.98. The molecule has 0 saturated carbocycles. The van der Waals surface area contributed by atoms with Crippen LogP contribution in [0.3, 0.4) is 0 Å². The number of ether oxygens (including phenoxy) is 1. The van der Waals surface area contributed by atoms with Gasteiger partial charge < -0.3 is 34.0 Å². The highest BCUT2D eigenvalue weighted by atomic mass is 31.2. The van der Waals surface area contributed by atoms with Gasteiger partial charge in [0.1, 0.15) is 11.6 Å². The Kier molecular flexibility index (Phi) is 9.58. The number of amides is 3. The number of nitrogens with one attached hydrogen (secondary N) is 1. The zero-order valence-electron chi connectivity index (χ0n) is 18.5. The van der Waals surface area contributed by atoms with E-state index in [0.29, 0.717) is 0 Å². The molecule has 1 unspecified atom stereocenters. The van der Waals surface area contributed by atoms with Crippen molar-refractivity contribution in [3.05, 3.63) is 0 Å². The summed E-state index contributed by atoms with van der Waals surface area (Å²) >= 11 is 0. The van der Waals surface area contributed by atoms with Crippen molar-refractivity contribution in [1.82, 2.24) is 15.1 Å². The van der Waals surface area contributed by atoms with Gasteiger partial charge in [0, 0.05) is 25.7 Å². The van der Waals surface area contributed by atoms with Gasteiger partial charge in [-0.05, 0) is 41.5 Å². The van der Waals surface area contributed by atoms with Crippen LogP contribution in [0.2, 0.25) is 0 Å². The molecule has 1 saturated heterocycles. The number of alkyl carbamates (subject to hydrolysis) is 1. The van der Waals surface area contributed by atoms with Crippen molar-refractivity contribution in [3.63, 3.8) is 0 Å². The van der Waals surface area contributed by atoms with E-state index < -0.39 is 43.4 Å². The van der Waals surface area contributed by atoms with Crippen molar-refractivity contribution in [2.45, 2.75) is 59.2 Å². The van der Waals surface area contributed by atoms with Crippen LogP contribution in [0.1, 0.15) is 41.5 Å². The lowest BCUT2D eigenvalue weighted by atomic mass is 10.1. The molecular formula is C18H34N3O8P. The van der Waals surface area contributed by atoms with Gasteiger partial charge in [-0.15, -0.1) is 0 Å². The van der Waals surface area contributed by atoms with Crippen LogP contribution in [-0.4, -0.2) is 89.7 Å². The third-order valence-corrected chi connectivity index (χ3v) is 6.34. The monoisotopic (exact) mass is 451 g/mol. The highest BCUT2D eigenvalue weighted by Crippen LogP contribution is 2.48. The van der Waals surface area contributed by atoms with Crippen molar-refractivity contribution in [2.75, 3.05) is 39.0 Å². The lowest BCUT2D eigenvalue weighted by Crippen LogP contribution is -2.60. The van der Waals surface area contributed by atoms with Gasteiger partial charge in [-0.3, -0.25) is 9.36 Å². The number of nitrogens with zero attached hydrogens (tertiary/aromatic N) is 2. The Morgan fingerprint density at radius 2 is 1.73 bits per heavy atom. The fraction of sp³-hybridized carbons (Fsp3) is 0.833. The summed E-state index contributed by atoms with van der Waals surface area (Å²) < 4.78 is 28.8. The minimum Gasteiger partial charge on any atom is -0.465 e. The van der Waals surface area contributed by atoms with E-state index >= 15 is 0 Å². The molecular weight excluding hydrogens is 417 g/mol. The largest absolute Gasteiger partial charge is 0.465 e. The fourth-order valence-corrected chi connectivity index (χ4v) is 4.82. The maximum atomic E-state index is 13.2. The van der Waals surface area contributed by atoms with Crippen LogP contribution in [0.15, 0.2) is 0 Å². The highest BCUT2D eigenvalue weighted by Gasteiger charge is 2.39. The molecule has 11 nitrogen and oxygen atoms in total. The van der Waals surface area contributed by atoms with Gasteiger partial charge in [0.25, 0.3) is 0 Å². The van der Waals surface area contributed by atoms with E-state index in [1.807, 2.05) is 0 Å². The average molecular weight is 451 g/mol. The lowest BCUT2D eigenvalue weighted by Gasteiger charge is -2.40. The molecule has 2 atom stereocenters. The Morgan fingerprint density at radius 3 is 2.17 bits per heavy atom. The molecule has 1 aliphatic rings. The molecule has 30 heavy (non-hydrogen) atoms. The lowest BCUT2D eigenvalue weighted by molar-refractivity contribution is -0.137. The number of hydrogen-bond donors (Lipinski definition) is 2. The van der Waals surface area contributed by atoms with Gasteiger partial charge in [0.15, 0.2) is 0 Å². The van der Waals surface area contributed by atoms with Gasteiger partial charge in [-0.2, -0.15) is 0 Å². The summed E-state index contributed by atoms with van der Waals surface area (Å²) in [5.74, 6) is -0.502. The Balaban J connectivity index is 3.06. The SMILES string of the molecule is CCOP(=O)(C[C@H](NC(=O)OC(C)(C)C)C(=O)N1CCN(C(=O)O)CC1C)OCC. The normalized spacial score (nSPS) is 18.7. The van der Waals surface area contributed by atoms with Gasteiger partial charge >= 0.3 is 19.8 Å². The topological polar surface area (TPSA) is 135 Å². The van der Waals surface area contributed by atoms with Crippen LogP contribution in [-0.2, 0) is 23.1 Å². The molecule has 12 heteroatoms. The molecule has 0 radical (unpaired) electrons. The van der Waals surface area contributed by atoms with E-state index in [0.717, 1.165) is 0 Å². The molecule has 1 fully saturated rings. The van der Waals surface area contributed by atoms with Crippen molar-refractivity contribution in [3.8, 4) is 0 Å². The Bertz CT molecular complexity index is 656. The second-order valence-electron chi connectivity index (χ2n) is 7.94. The number of rotatable bonds is 8. The summed E-state index contributed by atoms with van der Waals surface area (Å²) in [5.41, 5.74) is -0.790. The maximum absolute atomic E-state index is 13.2. The second kappa shape index (κ2) is 11.0. The molecule has 0 aliphatic carbocycles. The molecule has 174 valence electrons. The summed E-state index contributed by atoms with van der Waals surface area (Å²) in [6, 6.07) is -1.65. The van der Waals surface area contributed by atoms with Crippen molar-refractivity contribution >= 4 is 25.7 Å². The molecule has 0 aromatic heterocycles. The number of hydrogen-bond acceptors (Lipinski definition) is 7. The number of carbonyl (C=O) groups excluding carboxylic acids is 2. The minimum absolute atomic E-state index is 0.109. The number of carbonyl (C=O) groups is 3. The van der Waals surface area contributed by atoms with E-state index in [4.69, 9.17) is 18.9 Å². The number of carboxylic acid groups (broad SMARTS) is 1. The third kappa shape index (κ3) is 8.12. The van der Waals surface area contributed by atoms with E-state index in [1.165, 1.54) is 9.80 Å². The molecule has 3 amide bonds. The van der Waals surface area contributed by atoms with Crippen molar-refractivity contribution in [1.29, 1.82) is 0 Å². The molecule has 1 heterocycles. The van der Waals surface area contributed by atoms with Gasteiger partial charge in [0.2, 0.25) is 5.91 Å². The first-order valence-corrected chi connectivity index (χ1v) is 11.7. The van der Waals surface area contributed by atoms with Crippen LogP contribution < -0.4 is 5.32 Å². The zero-order chi connectivity index (χ0) is 23.1. The van der Waals surface area contributed by atoms with Crippen LogP contribution in [0, 0.1) is 0 Å². The van der Waals surface area contributed by atoms with Gasteiger partial charge in [-0.1, -0.05) is 0 Å². The van der Waals surface area contributed by atoms with Crippen LogP contribution in [0.5, 0.6) is 0 Å². The smallest absolute Gasteiger partial charge is 0.408 e. The van der Waals surface area contributed by atoms with Crippen LogP contribution in [0.4, 0.5) is 9.59 Å². The molecule has 2 N–H and O–H groups in total. The molecule has 0 spiro atoms. The molecule has 0 bridgehead atoms. The van der Waals surface area contributed by atoms with Crippen LogP contribution >= 0.6 is 7.60 Å². The van der Waals surface area contributed by atoms with E-state index in [2.05, 4.69) is 5.32 Å². The average Bonchev–Trinajstić information content (AvgIpc) is 2.59. The van der Waals surface area contributed by atoms with Crippen LogP contribution in [0.25, 0.3) is 0 Å². The highest BCUT2D eigenvalue weighted by molar-refractivity contribution is 7.54. The number of piperazine rings is 1. The third-order valence-electron chi connectivity index (χ3n) is 4.23. The standard InChI is InChI=1S/C18H34N3O8P/c1-7-27-30(26,28-8-2)12-14(19-16(23)29-18(4,5)6)15(22)21-10-9-20(17(24)25)11-13(21)3/h13-14H,7-12H2,1-6H3,(H,19,23)(H,24,25)/t13?,14-/m0/s1. The molecule has 1 rings (SSSR count). The maximum Gasteiger partial charge on any atom is 0.408 e. The molecule has 0 aromatic rings. The fourth-order valence-electron chi connectivity index (χ4n) is 3.05. The zero-order valence-corrected chi connectivity index (χ0v) is 19.4. The predicted octanol–water partition coefficient (Wildman–Crippen LogP) is 2.36. The quantitative estimate of drug-likeness (QED) is 0.537.